The van der Waals surface area contributed by atoms with Crippen LogP contribution >= 0.6 is 11.3 Å². The highest BCUT2D eigenvalue weighted by molar-refractivity contribution is 7.13. The van der Waals surface area contributed by atoms with Crippen molar-refractivity contribution in [1.82, 2.24) is 4.98 Å². The maximum absolute atomic E-state index is 4.81. The molecule has 0 N–H and O–H groups in total. The van der Waals surface area contributed by atoms with E-state index in [-0.39, 0.29) is 0 Å². The molecule has 0 saturated carbocycles. The number of benzene rings is 1. The fourth-order valence-corrected chi connectivity index (χ4v) is 3.37. The van der Waals surface area contributed by atoms with Gasteiger partial charge in [0.2, 0.25) is 0 Å². The molecular formula is C19H13NS. The maximum Gasteiger partial charge on any atom is 0.124 e. The van der Waals surface area contributed by atoms with Gasteiger partial charge in [-0.25, -0.2) is 4.98 Å². The van der Waals surface area contributed by atoms with Crippen LogP contribution in [-0.2, 0) is 0 Å². The lowest BCUT2D eigenvalue weighted by atomic mass is 10.1. The molecule has 0 atom stereocenters. The van der Waals surface area contributed by atoms with Crippen LogP contribution in [-0.4, -0.2) is 4.98 Å². The zero-order valence-corrected chi connectivity index (χ0v) is 12.2. The minimum absolute atomic E-state index is 1.06. The second-order valence-corrected chi connectivity index (χ2v) is 5.79. The summed E-state index contributed by atoms with van der Waals surface area (Å²) in [4.78, 5) is 4.81. The number of hydrogen-bond donors (Lipinski definition) is 0. The first-order chi connectivity index (χ1) is 10.4. The molecule has 0 saturated heterocycles. The lowest BCUT2D eigenvalue weighted by molar-refractivity contribution is 1.41. The number of thiazole rings is 1. The Bertz CT molecular complexity index is 848. The summed E-state index contributed by atoms with van der Waals surface area (Å²) in [5.74, 6) is 0. The smallest absolute Gasteiger partial charge is 0.124 e. The molecule has 0 spiro atoms. The molecular weight excluding hydrogens is 274 g/mol. The molecule has 0 aliphatic heterocycles. The summed E-state index contributed by atoms with van der Waals surface area (Å²) in [7, 11) is 0. The predicted octanol–water partition coefficient (Wildman–Crippen LogP) is 5.58. The molecule has 0 bridgehead atoms. The van der Waals surface area contributed by atoms with Crippen LogP contribution in [0.5, 0.6) is 0 Å². The molecule has 4 rings (SSSR count). The van der Waals surface area contributed by atoms with Crippen LogP contribution in [0.3, 0.4) is 0 Å². The Kier molecular flexibility index (Phi) is 3.02. The van der Waals surface area contributed by atoms with E-state index < -0.39 is 0 Å². The minimum atomic E-state index is 1.06. The van der Waals surface area contributed by atoms with Gasteiger partial charge in [0.15, 0.2) is 0 Å². The van der Waals surface area contributed by atoms with Gasteiger partial charge in [-0.2, -0.15) is 0 Å². The molecule has 2 aliphatic rings. The Hall–Kier alpha value is -2.45. The third-order valence-electron chi connectivity index (χ3n) is 3.59. The molecule has 1 nitrogen and oxygen atoms in total. The molecule has 0 fully saturated rings. The van der Waals surface area contributed by atoms with Crippen molar-refractivity contribution in [3.05, 3.63) is 78.2 Å². The van der Waals surface area contributed by atoms with Gasteiger partial charge in [0.1, 0.15) is 5.01 Å². The standard InChI is InChI=1S/C19H13NS/c1-4-8-15(9-5-1)19-20-18(13-21-19)17-12-11-14-7-3-2-6-10-16(14)17/h1-13H. The molecule has 0 radical (unpaired) electrons. The molecule has 100 valence electrons. The summed E-state index contributed by atoms with van der Waals surface area (Å²) in [6.07, 6.45) is 0. The van der Waals surface area contributed by atoms with Crippen molar-refractivity contribution in [1.29, 1.82) is 0 Å². The number of hydrogen-bond acceptors (Lipinski definition) is 2. The van der Waals surface area contributed by atoms with E-state index in [0.717, 1.165) is 10.7 Å². The van der Waals surface area contributed by atoms with Crippen LogP contribution in [0.25, 0.3) is 33.0 Å². The van der Waals surface area contributed by atoms with Gasteiger partial charge < -0.3 is 0 Å². The number of nitrogens with zero attached hydrogens (tertiary/aromatic N) is 1. The van der Waals surface area contributed by atoms with E-state index in [0.29, 0.717) is 0 Å². The van der Waals surface area contributed by atoms with Crippen LogP contribution in [0.4, 0.5) is 0 Å². The highest BCUT2D eigenvalue weighted by Gasteiger charge is 2.13. The van der Waals surface area contributed by atoms with Gasteiger partial charge in [0.05, 0.1) is 5.69 Å². The largest absolute Gasteiger partial charge is 0.236 e. The average Bonchev–Trinajstić information content (AvgIpc) is 3.10. The first-order valence-electron chi connectivity index (χ1n) is 6.91. The van der Waals surface area contributed by atoms with Gasteiger partial charge in [-0.15, -0.1) is 11.3 Å². The van der Waals surface area contributed by atoms with Crippen LogP contribution < -0.4 is 0 Å². The zero-order valence-electron chi connectivity index (χ0n) is 11.4. The SMILES string of the molecule is c1ccc(-c2nc(-c3ccc4cccccc3-4)cs2)cc1. The summed E-state index contributed by atoms with van der Waals surface area (Å²) < 4.78 is 0. The number of rotatable bonds is 2. The van der Waals surface area contributed by atoms with Gasteiger partial charge in [0, 0.05) is 16.5 Å². The second-order valence-electron chi connectivity index (χ2n) is 4.93. The van der Waals surface area contributed by atoms with E-state index in [2.05, 4.69) is 60.0 Å². The van der Waals surface area contributed by atoms with Crippen molar-refractivity contribution in [2.75, 3.05) is 0 Å². The van der Waals surface area contributed by atoms with Crippen LogP contribution in [0.1, 0.15) is 0 Å². The maximum atomic E-state index is 4.81. The van der Waals surface area contributed by atoms with Crippen molar-refractivity contribution >= 4 is 11.3 Å². The van der Waals surface area contributed by atoms with Crippen molar-refractivity contribution < 1.29 is 0 Å². The van der Waals surface area contributed by atoms with Gasteiger partial charge in [-0.05, 0) is 11.1 Å². The Morgan fingerprint density at radius 2 is 1.33 bits per heavy atom. The summed E-state index contributed by atoms with van der Waals surface area (Å²) in [5, 5.41) is 3.21. The van der Waals surface area contributed by atoms with Crippen molar-refractivity contribution in [3.63, 3.8) is 0 Å². The molecule has 2 heteroatoms. The Labute approximate surface area is 127 Å². The number of fused-ring (bicyclic) bond motifs is 1. The summed E-state index contributed by atoms with van der Waals surface area (Å²) in [6.45, 7) is 0. The third kappa shape index (κ3) is 2.24. The molecule has 1 heterocycles. The molecule has 21 heavy (non-hydrogen) atoms. The van der Waals surface area contributed by atoms with Gasteiger partial charge in [0.25, 0.3) is 0 Å². The third-order valence-corrected chi connectivity index (χ3v) is 4.48. The van der Waals surface area contributed by atoms with Gasteiger partial charge in [-0.3, -0.25) is 0 Å². The van der Waals surface area contributed by atoms with Crippen LogP contribution in [0.15, 0.2) is 78.2 Å². The van der Waals surface area contributed by atoms with Crippen LogP contribution in [0, 0.1) is 0 Å². The fourth-order valence-electron chi connectivity index (χ4n) is 2.55. The molecule has 0 unspecified atom stereocenters. The second kappa shape index (κ2) is 5.15. The van der Waals surface area contributed by atoms with Gasteiger partial charge >= 0.3 is 0 Å². The first kappa shape index (κ1) is 12.3. The first-order valence-corrected chi connectivity index (χ1v) is 7.79. The summed E-state index contributed by atoms with van der Waals surface area (Å²) >= 11 is 1.70. The summed E-state index contributed by atoms with van der Waals surface area (Å²) in [6, 6.07) is 25.2. The Morgan fingerprint density at radius 1 is 0.619 bits per heavy atom. The van der Waals surface area contributed by atoms with Crippen molar-refractivity contribution in [3.8, 4) is 33.0 Å². The molecule has 1 aromatic heterocycles. The highest BCUT2D eigenvalue weighted by atomic mass is 32.1. The van der Waals surface area contributed by atoms with E-state index in [1.807, 2.05) is 18.2 Å². The topological polar surface area (TPSA) is 12.9 Å². The Balaban J connectivity index is 1.80. The lowest BCUT2D eigenvalue weighted by Gasteiger charge is -1.98. The van der Waals surface area contributed by atoms with Crippen molar-refractivity contribution in [2.24, 2.45) is 0 Å². The molecule has 2 aromatic rings. The molecule has 0 amide bonds. The molecule has 2 aliphatic carbocycles. The van der Waals surface area contributed by atoms with E-state index in [1.165, 1.54) is 22.3 Å². The van der Waals surface area contributed by atoms with Crippen molar-refractivity contribution in [2.45, 2.75) is 0 Å². The van der Waals surface area contributed by atoms with Gasteiger partial charge in [-0.1, -0.05) is 72.8 Å². The minimum Gasteiger partial charge on any atom is -0.236 e. The predicted molar refractivity (Wildman–Crippen MR) is 89.6 cm³/mol. The Morgan fingerprint density at radius 3 is 2.14 bits per heavy atom. The quantitative estimate of drug-likeness (QED) is 0.469. The van der Waals surface area contributed by atoms with E-state index in [9.17, 15) is 0 Å². The highest BCUT2D eigenvalue weighted by Crippen LogP contribution is 2.36. The summed E-state index contributed by atoms with van der Waals surface area (Å²) in [5.41, 5.74) is 5.95. The fraction of sp³-hybridized carbons (Fsp3) is 0. The molecule has 1 aromatic carbocycles. The monoisotopic (exact) mass is 287 g/mol. The lowest BCUT2D eigenvalue weighted by Crippen LogP contribution is -1.79. The van der Waals surface area contributed by atoms with E-state index in [4.69, 9.17) is 4.98 Å². The van der Waals surface area contributed by atoms with E-state index in [1.54, 1.807) is 11.3 Å². The normalized spacial score (nSPS) is 10.9. The average molecular weight is 287 g/mol. The van der Waals surface area contributed by atoms with E-state index >= 15 is 0 Å². The zero-order chi connectivity index (χ0) is 14.1. The number of aromatic nitrogens is 1. The van der Waals surface area contributed by atoms with Crippen LogP contribution in [0.2, 0.25) is 0 Å².